The Morgan fingerprint density at radius 2 is 1.86 bits per heavy atom. The Kier molecular flexibility index (Phi) is 5.11. The molecule has 7 heteroatoms. The lowest BCUT2D eigenvalue weighted by Crippen LogP contribution is -2.41. The van der Waals surface area contributed by atoms with Crippen LogP contribution in [0.3, 0.4) is 0 Å². The first kappa shape index (κ1) is 17.2. The zero-order chi connectivity index (χ0) is 16.4. The van der Waals surface area contributed by atoms with Crippen LogP contribution in [0.2, 0.25) is 0 Å². The molecule has 0 N–H and O–H groups in total. The molecule has 0 fully saturated rings. The van der Waals surface area contributed by atoms with Crippen LogP contribution in [-0.2, 0) is 30.2 Å². The molecule has 1 aromatic heterocycles. The van der Waals surface area contributed by atoms with Gasteiger partial charge in [-0.3, -0.25) is 14.2 Å². The summed E-state index contributed by atoms with van der Waals surface area (Å²) in [5.74, 6) is -0.221. The van der Waals surface area contributed by atoms with E-state index in [0.717, 1.165) is 4.57 Å². The van der Waals surface area contributed by atoms with Crippen molar-refractivity contribution in [2.45, 2.75) is 32.9 Å². The van der Waals surface area contributed by atoms with E-state index in [2.05, 4.69) is 0 Å². The predicted molar refractivity (Wildman–Crippen MR) is 79.1 cm³/mol. The maximum Gasteiger partial charge on any atom is 0.330 e. The van der Waals surface area contributed by atoms with Gasteiger partial charge in [-0.1, -0.05) is 0 Å². The molecule has 0 aliphatic carbocycles. The van der Waals surface area contributed by atoms with Gasteiger partial charge in [-0.05, 0) is 20.8 Å². The third-order valence-electron chi connectivity index (χ3n) is 2.98. The van der Waals surface area contributed by atoms with E-state index >= 15 is 0 Å². The Morgan fingerprint density at radius 3 is 2.38 bits per heavy atom. The maximum atomic E-state index is 12.0. The van der Waals surface area contributed by atoms with E-state index < -0.39 is 16.9 Å². The molecule has 0 bridgehead atoms. The van der Waals surface area contributed by atoms with E-state index in [9.17, 15) is 14.4 Å². The molecular formula is C14H23N3O4. The van der Waals surface area contributed by atoms with Crippen molar-refractivity contribution in [3.8, 4) is 0 Å². The number of aryl methyl sites for hydroxylation is 1. The summed E-state index contributed by atoms with van der Waals surface area (Å²) < 4.78 is 7.76. The summed E-state index contributed by atoms with van der Waals surface area (Å²) in [6, 6.07) is 0. The van der Waals surface area contributed by atoms with E-state index in [0.29, 0.717) is 5.56 Å². The number of rotatable bonds is 4. The van der Waals surface area contributed by atoms with E-state index in [-0.39, 0.29) is 19.1 Å². The van der Waals surface area contributed by atoms with Gasteiger partial charge in [0.1, 0.15) is 6.61 Å². The number of carbonyl (C=O) groups excluding carboxylic acids is 1. The van der Waals surface area contributed by atoms with Gasteiger partial charge >= 0.3 is 5.69 Å². The average Bonchev–Trinajstić information content (AvgIpc) is 2.38. The number of hydrogen-bond acceptors (Lipinski definition) is 4. The molecule has 21 heavy (non-hydrogen) atoms. The molecule has 7 nitrogen and oxygen atoms in total. The second-order valence-electron chi connectivity index (χ2n) is 6.06. The fraction of sp³-hybridized carbons (Fsp3) is 0.643. The SMILES string of the molecule is CN(Cc1cn(C)c(=O)n(C)c1=O)C(=O)COC(C)(C)C. The lowest BCUT2D eigenvalue weighted by Gasteiger charge is -2.22. The predicted octanol–water partition coefficient (Wildman–Crippen LogP) is -0.142. The van der Waals surface area contributed by atoms with Gasteiger partial charge in [-0.25, -0.2) is 4.79 Å². The molecule has 0 aliphatic heterocycles. The third-order valence-corrected chi connectivity index (χ3v) is 2.98. The monoisotopic (exact) mass is 297 g/mol. The van der Waals surface area contributed by atoms with Gasteiger partial charge < -0.3 is 14.2 Å². The molecule has 0 atom stereocenters. The first-order valence-electron chi connectivity index (χ1n) is 6.66. The summed E-state index contributed by atoms with van der Waals surface area (Å²) in [7, 11) is 4.58. The van der Waals surface area contributed by atoms with Crippen molar-refractivity contribution in [3.63, 3.8) is 0 Å². The van der Waals surface area contributed by atoms with Gasteiger partial charge in [0.2, 0.25) is 5.91 Å². The molecule has 1 rings (SSSR count). The summed E-state index contributed by atoms with van der Waals surface area (Å²) in [5.41, 5.74) is -0.807. The highest BCUT2D eigenvalue weighted by Gasteiger charge is 2.17. The normalized spacial score (nSPS) is 11.5. The van der Waals surface area contributed by atoms with Crippen LogP contribution in [0, 0.1) is 0 Å². The summed E-state index contributed by atoms with van der Waals surface area (Å²) >= 11 is 0. The van der Waals surface area contributed by atoms with E-state index in [1.165, 1.54) is 22.7 Å². The summed E-state index contributed by atoms with van der Waals surface area (Å²) in [6.07, 6.45) is 1.46. The lowest BCUT2D eigenvalue weighted by molar-refractivity contribution is -0.140. The second kappa shape index (κ2) is 6.26. The Labute approximate surface area is 123 Å². The number of ether oxygens (including phenoxy) is 1. The Hall–Kier alpha value is -1.89. The van der Waals surface area contributed by atoms with Crippen molar-refractivity contribution in [2.24, 2.45) is 14.1 Å². The molecule has 0 spiro atoms. The molecule has 0 aliphatic rings. The van der Waals surface area contributed by atoms with Crippen molar-refractivity contribution in [2.75, 3.05) is 13.7 Å². The summed E-state index contributed by atoms with van der Waals surface area (Å²) in [6.45, 7) is 5.67. The number of nitrogens with zero attached hydrogens (tertiary/aromatic N) is 3. The molecule has 1 amide bonds. The zero-order valence-electron chi connectivity index (χ0n) is 13.5. The van der Waals surface area contributed by atoms with Crippen LogP contribution in [-0.4, -0.2) is 39.2 Å². The number of amides is 1. The molecule has 118 valence electrons. The highest BCUT2D eigenvalue weighted by Crippen LogP contribution is 2.07. The van der Waals surface area contributed by atoms with Crippen LogP contribution < -0.4 is 11.2 Å². The third kappa shape index (κ3) is 4.56. The minimum Gasteiger partial charge on any atom is -0.366 e. The number of aromatic nitrogens is 2. The molecular weight excluding hydrogens is 274 g/mol. The van der Waals surface area contributed by atoms with E-state index in [1.54, 1.807) is 14.1 Å². The standard InChI is InChI=1S/C14H23N3O4/c1-14(2,3)21-9-11(18)15(4)7-10-8-16(5)13(20)17(6)12(10)19/h8H,7,9H2,1-6H3. The largest absolute Gasteiger partial charge is 0.366 e. The molecule has 0 saturated heterocycles. The smallest absolute Gasteiger partial charge is 0.330 e. The van der Waals surface area contributed by atoms with Crippen LogP contribution in [0.4, 0.5) is 0 Å². The second-order valence-corrected chi connectivity index (χ2v) is 6.06. The van der Waals surface area contributed by atoms with Crippen molar-refractivity contribution >= 4 is 5.91 Å². The molecule has 1 aromatic rings. The van der Waals surface area contributed by atoms with Crippen LogP contribution in [0.5, 0.6) is 0 Å². The Morgan fingerprint density at radius 1 is 1.29 bits per heavy atom. The first-order chi connectivity index (χ1) is 9.53. The summed E-state index contributed by atoms with van der Waals surface area (Å²) in [5, 5.41) is 0. The quantitative estimate of drug-likeness (QED) is 0.775. The maximum absolute atomic E-state index is 12.0. The average molecular weight is 297 g/mol. The Balaban J connectivity index is 2.85. The minimum absolute atomic E-state index is 0.0495. The molecule has 1 heterocycles. The molecule has 0 unspecified atom stereocenters. The van der Waals surface area contributed by atoms with E-state index in [1.807, 2.05) is 20.8 Å². The van der Waals surface area contributed by atoms with Crippen molar-refractivity contribution < 1.29 is 9.53 Å². The highest BCUT2D eigenvalue weighted by molar-refractivity contribution is 5.77. The minimum atomic E-state index is -0.400. The van der Waals surface area contributed by atoms with Crippen LogP contribution in [0.1, 0.15) is 26.3 Å². The zero-order valence-corrected chi connectivity index (χ0v) is 13.5. The van der Waals surface area contributed by atoms with Crippen LogP contribution in [0.25, 0.3) is 0 Å². The van der Waals surface area contributed by atoms with Gasteiger partial charge in [0, 0.05) is 27.3 Å². The lowest BCUT2D eigenvalue weighted by atomic mass is 10.2. The molecule has 0 aromatic carbocycles. The van der Waals surface area contributed by atoms with Crippen LogP contribution >= 0.6 is 0 Å². The highest BCUT2D eigenvalue weighted by atomic mass is 16.5. The fourth-order valence-corrected chi connectivity index (χ4v) is 1.72. The van der Waals surface area contributed by atoms with Crippen molar-refractivity contribution in [1.29, 1.82) is 0 Å². The van der Waals surface area contributed by atoms with Crippen molar-refractivity contribution in [1.82, 2.24) is 14.0 Å². The fourth-order valence-electron chi connectivity index (χ4n) is 1.72. The number of carbonyl (C=O) groups is 1. The van der Waals surface area contributed by atoms with Gasteiger partial charge in [-0.15, -0.1) is 0 Å². The first-order valence-corrected chi connectivity index (χ1v) is 6.66. The van der Waals surface area contributed by atoms with E-state index in [4.69, 9.17) is 4.74 Å². The number of hydrogen-bond donors (Lipinski definition) is 0. The van der Waals surface area contributed by atoms with Gasteiger partial charge in [-0.2, -0.15) is 0 Å². The van der Waals surface area contributed by atoms with Gasteiger partial charge in [0.05, 0.1) is 17.7 Å². The Bertz CT molecular complexity index is 637. The summed E-state index contributed by atoms with van der Waals surface area (Å²) in [4.78, 5) is 37.0. The molecule has 0 saturated carbocycles. The molecule has 0 radical (unpaired) electrons. The van der Waals surface area contributed by atoms with Crippen molar-refractivity contribution in [3.05, 3.63) is 32.6 Å². The van der Waals surface area contributed by atoms with Gasteiger partial charge in [0.25, 0.3) is 5.56 Å². The van der Waals surface area contributed by atoms with Gasteiger partial charge in [0.15, 0.2) is 0 Å². The van der Waals surface area contributed by atoms with Crippen LogP contribution in [0.15, 0.2) is 15.8 Å². The topological polar surface area (TPSA) is 73.5 Å². The number of likely N-dealkylation sites (N-methyl/N-ethyl adjacent to an activating group) is 1.